The second-order valence-electron chi connectivity index (χ2n) is 9.58. The van der Waals surface area contributed by atoms with Gasteiger partial charge in [-0.2, -0.15) is 0 Å². The van der Waals surface area contributed by atoms with Crippen LogP contribution >= 0.6 is 0 Å². The molecule has 5 rings (SSSR count). The molecule has 2 N–H and O–H groups in total. The van der Waals surface area contributed by atoms with E-state index in [1.54, 1.807) is 0 Å². The Bertz CT molecular complexity index is 1010. The number of amidine groups is 1. The molecule has 6 heteroatoms. The molecule has 1 saturated heterocycles. The first-order valence-electron chi connectivity index (χ1n) is 10.7. The van der Waals surface area contributed by atoms with Gasteiger partial charge in [0.2, 0.25) is 0 Å². The highest BCUT2D eigenvalue weighted by Gasteiger charge is 2.47. The van der Waals surface area contributed by atoms with Gasteiger partial charge in [-0.05, 0) is 54.7 Å². The lowest BCUT2D eigenvalue weighted by Gasteiger charge is -2.34. The van der Waals surface area contributed by atoms with Crippen LogP contribution in [0.5, 0.6) is 17.2 Å². The van der Waals surface area contributed by atoms with Gasteiger partial charge in [0.1, 0.15) is 23.9 Å². The largest absolute Gasteiger partial charge is 0.493 e. The van der Waals surface area contributed by atoms with Crippen LogP contribution in [-0.4, -0.2) is 32.3 Å². The molecule has 0 unspecified atom stereocenters. The van der Waals surface area contributed by atoms with Crippen LogP contribution in [0.15, 0.2) is 41.4 Å². The fraction of sp³-hybridized carbons (Fsp3) is 0.458. The molecule has 0 saturated carbocycles. The maximum Gasteiger partial charge on any atom is 0.283 e. The second-order valence-corrected chi connectivity index (χ2v) is 9.58. The summed E-state index contributed by atoms with van der Waals surface area (Å²) in [5, 5.41) is 0. The molecular formula is C24H29N3O3. The normalized spacial score (nSPS) is 22.2. The van der Waals surface area contributed by atoms with Crippen molar-refractivity contribution in [3.8, 4) is 17.2 Å². The molecule has 0 amide bonds. The predicted molar refractivity (Wildman–Crippen MR) is 118 cm³/mol. The van der Waals surface area contributed by atoms with E-state index in [1.807, 2.05) is 24.3 Å². The molecule has 158 valence electrons. The van der Waals surface area contributed by atoms with Gasteiger partial charge in [0.25, 0.3) is 6.02 Å². The molecule has 3 heterocycles. The second kappa shape index (κ2) is 6.83. The number of fused-ring (bicyclic) bond motifs is 4. The number of anilines is 1. The van der Waals surface area contributed by atoms with E-state index in [0.717, 1.165) is 41.5 Å². The number of aliphatic imine (C=N–C) groups is 1. The summed E-state index contributed by atoms with van der Waals surface area (Å²) in [6.45, 7) is 9.60. The quantitative estimate of drug-likeness (QED) is 0.816. The first-order valence-corrected chi connectivity index (χ1v) is 10.7. The monoisotopic (exact) mass is 407 g/mol. The highest BCUT2D eigenvalue weighted by molar-refractivity contribution is 5.77. The number of hydrogen-bond donors (Lipinski definition) is 1. The Kier molecular flexibility index (Phi) is 4.34. The van der Waals surface area contributed by atoms with Crippen molar-refractivity contribution in [2.24, 2.45) is 16.1 Å². The molecule has 0 aromatic heterocycles. The van der Waals surface area contributed by atoms with E-state index in [9.17, 15) is 0 Å². The summed E-state index contributed by atoms with van der Waals surface area (Å²) in [6, 6.07) is 12.5. The highest BCUT2D eigenvalue weighted by atomic mass is 16.5. The van der Waals surface area contributed by atoms with E-state index in [-0.39, 0.29) is 11.4 Å². The van der Waals surface area contributed by atoms with Crippen LogP contribution in [0.1, 0.15) is 44.7 Å². The molecule has 2 aromatic rings. The summed E-state index contributed by atoms with van der Waals surface area (Å²) in [6.07, 6.45) is 2.45. The Morgan fingerprint density at radius 2 is 1.77 bits per heavy atom. The van der Waals surface area contributed by atoms with Crippen molar-refractivity contribution in [1.29, 1.82) is 0 Å². The minimum Gasteiger partial charge on any atom is -0.493 e. The van der Waals surface area contributed by atoms with Gasteiger partial charge < -0.3 is 24.8 Å². The van der Waals surface area contributed by atoms with Crippen LogP contribution in [0.2, 0.25) is 0 Å². The molecule has 1 fully saturated rings. The van der Waals surface area contributed by atoms with Crippen molar-refractivity contribution < 1.29 is 14.2 Å². The van der Waals surface area contributed by atoms with Gasteiger partial charge in [-0.3, -0.25) is 0 Å². The molecule has 0 bridgehead atoms. The van der Waals surface area contributed by atoms with Crippen molar-refractivity contribution in [2.45, 2.75) is 39.2 Å². The van der Waals surface area contributed by atoms with Gasteiger partial charge in [0, 0.05) is 29.9 Å². The summed E-state index contributed by atoms with van der Waals surface area (Å²) in [7, 11) is 0. The fourth-order valence-corrected chi connectivity index (χ4v) is 4.38. The van der Waals surface area contributed by atoms with Gasteiger partial charge in [-0.15, -0.1) is 0 Å². The molecule has 3 aliphatic rings. The molecule has 6 nitrogen and oxygen atoms in total. The smallest absolute Gasteiger partial charge is 0.283 e. The maximum absolute atomic E-state index is 6.28. The standard InChI is InChI=1S/C24H29N3O3/c1-23(2,3)14-28-17-7-9-21-19(13-17)24(15-29-22(25)26-24)18-12-16(6-8-20(18)30-21)27-10-4-5-11-27/h6-9,12-13H,4-5,10-11,14-15H2,1-3H3,(H2,25,26)/t24-/m0/s1. The van der Waals surface area contributed by atoms with Gasteiger partial charge in [0.15, 0.2) is 5.54 Å². The van der Waals surface area contributed by atoms with Crippen molar-refractivity contribution in [3.63, 3.8) is 0 Å². The van der Waals surface area contributed by atoms with Crippen LogP contribution in [0.4, 0.5) is 5.69 Å². The molecule has 1 spiro atoms. The summed E-state index contributed by atoms with van der Waals surface area (Å²) >= 11 is 0. The summed E-state index contributed by atoms with van der Waals surface area (Å²) in [5.41, 5.74) is 8.48. The molecule has 0 radical (unpaired) electrons. The summed E-state index contributed by atoms with van der Waals surface area (Å²) in [5.74, 6) is 2.36. The number of rotatable bonds is 3. The topological polar surface area (TPSA) is 69.3 Å². The molecule has 30 heavy (non-hydrogen) atoms. The van der Waals surface area contributed by atoms with E-state index in [1.165, 1.54) is 18.5 Å². The first kappa shape index (κ1) is 19.1. The van der Waals surface area contributed by atoms with Crippen LogP contribution in [0.3, 0.4) is 0 Å². The summed E-state index contributed by atoms with van der Waals surface area (Å²) < 4.78 is 18.0. The maximum atomic E-state index is 6.28. The Labute approximate surface area is 177 Å². The lowest BCUT2D eigenvalue weighted by Crippen LogP contribution is -2.31. The van der Waals surface area contributed by atoms with Crippen LogP contribution in [-0.2, 0) is 10.3 Å². The predicted octanol–water partition coefficient (Wildman–Crippen LogP) is 4.41. The third-order valence-electron chi connectivity index (χ3n) is 5.90. The lowest BCUT2D eigenvalue weighted by molar-refractivity contribution is 0.197. The summed E-state index contributed by atoms with van der Waals surface area (Å²) in [4.78, 5) is 7.21. The molecular weight excluding hydrogens is 378 g/mol. The Morgan fingerprint density at radius 3 is 2.43 bits per heavy atom. The molecule has 3 aliphatic heterocycles. The van der Waals surface area contributed by atoms with Gasteiger partial charge in [-0.1, -0.05) is 20.8 Å². The highest BCUT2D eigenvalue weighted by Crippen LogP contribution is 2.52. The number of hydrogen-bond acceptors (Lipinski definition) is 6. The van der Waals surface area contributed by atoms with E-state index in [2.05, 4.69) is 37.8 Å². The van der Waals surface area contributed by atoms with Crippen molar-refractivity contribution in [3.05, 3.63) is 47.5 Å². The van der Waals surface area contributed by atoms with E-state index in [0.29, 0.717) is 13.2 Å². The SMILES string of the molecule is CC(C)(C)COc1ccc2c(c1)[C@]1(COC(N)=N1)c1cc(N3CCCC3)ccc1O2. The van der Waals surface area contributed by atoms with Crippen LogP contribution in [0, 0.1) is 5.41 Å². The van der Waals surface area contributed by atoms with Crippen LogP contribution in [0.25, 0.3) is 0 Å². The number of nitrogens with zero attached hydrogens (tertiary/aromatic N) is 2. The third-order valence-corrected chi connectivity index (χ3v) is 5.90. The zero-order valence-corrected chi connectivity index (χ0v) is 17.9. The molecule has 0 aliphatic carbocycles. The Balaban J connectivity index is 1.59. The minimum absolute atomic E-state index is 0.0698. The molecule has 1 atom stereocenters. The van der Waals surface area contributed by atoms with Gasteiger partial charge in [-0.25, -0.2) is 4.99 Å². The van der Waals surface area contributed by atoms with Crippen molar-refractivity contribution in [1.82, 2.24) is 0 Å². The Hall–Kier alpha value is -2.89. The number of nitrogens with two attached hydrogens (primary N) is 1. The first-order chi connectivity index (χ1) is 14.3. The van der Waals surface area contributed by atoms with Gasteiger partial charge >= 0.3 is 0 Å². The van der Waals surface area contributed by atoms with Crippen molar-refractivity contribution >= 4 is 11.7 Å². The third kappa shape index (κ3) is 3.24. The van der Waals surface area contributed by atoms with E-state index < -0.39 is 5.54 Å². The zero-order valence-electron chi connectivity index (χ0n) is 17.9. The number of benzene rings is 2. The minimum atomic E-state index is -0.718. The number of ether oxygens (including phenoxy) is 3. The average Bonchev–Trinajstić information content (AvgIpc) is 3.37. The lowest BCUT2D eigenvalue weighted by atomic mass is 9.81. The average molecular weight is 408 g/mol. The van der Waals surface area contributed by atoms with Crippen molar-refractivity contribution in [2.75, 3.05) is 31.2 Å². The van der Waals surface area contributed by atoms with Crippen LogP contribution < -0.4 is 20.1 Å². The van der Waals surface area contributed by atoms with E-state index >= 15 is 0 Å². The molecule has 2 aromatic carbocycles. The fourth-order valence-electron chi connectivity index (χ4n) is 4.38. The van der Waals surface area contributed by atoms with Gasteiger partial charge in [0.05, 0.1) is 6.61 Å². The van der Waals surface area contributed by atoms with E-state index in [4.69, 9.17) is 24.9 Å². The zero-order chi connectivity index (χ0) is 20.9. The Morgan fingerprint density at radius 1 is 1.07 bits per heavy atom.